The fourth-order valence-electron chi connectivity index (χ4n) is 2.75. The van der Waals surface area contributed by atoms with Crippen LogP contribution in [0.5, 0.6) is 5.75 Å². The number of benzene rings is 1. The maximum absolute atomic E-state index is 13.6. The van der Waals surface area contributed by atoms with Crippen molar-refractivity contribution in [3.8, 4) is 5.75 Å². The molecule has 1 aromatic carbocycles. The van der Waals surface area contributed by atoms with Crippen molar-refractivity contribution < 1.29 is 13.9 Å². The van der Waals surface area contributed by atoms with Crippen molar-refractivity contribution in [2.75, 3.05) is 25.4 Å². The lowest BCUT2D eigenvalue weighted by Gasteiger charge is -2.32. The number of nitrogen functional groups attached to an aromatic ring is 1. The Labute approximate surface area is 138 Å². The van der Waals surface area contributed by atoms with Crippen LogP contribution in [0, 0.1) is 11.7 Å². The van der Waals surface area contributed by atoms with Gasteiger partial charge in [0.1, 0.15) is 6.54 Å². The van der Waals surface area contributed by atoms with Gasteiger partial charge in [-0.05, 0) is 35.4 Å². The first-order valence-electron chi connectivity index (χ1n) is 7.80. The number of anilines is 1. The number of amides is 1. The maximum atomic E-state index is 13.6. The van der Waals surface area contributed by atoms with E-state index in [-0.39, 0.29) is 35.9 Å². The number of nitrogens with two attached hydrogens (primary N) is 1. The van der Waals surface area contributed by atoms with Gasteiger partial charge in [0, 0.05) is 19.0 Å². The number of carbonyl (C=O) groups excluding carboxylic acids is 1. The highest BCUT2D eigenvalue weighted by atomic mass is 19.1. The van der Waals surface area contributed by atoms with Crippen LogP contribution in [0.25, 0.3) is 0 Å². The molecular formula is C15H19FN6O2. The van der Waals surface area contributed by atoms with Crippen molar-refractivity contribution in [2.24, 2.45) is 5.92 Å². The smallest absolute Gasteiger partial charge is 0.244 e. The number of hydrogen-bond donors (Lipinski definition) is 1. The van der Waals surface area contributed by atoms with Crippen molar-refractivity contribution in [1.82, 2.24) is 25.1 Å². The quantitative estimate of drug-likeness (QED) is 0.865. The molecule has 24 heavy (non-hydrogen) atoms. The number of para-hydroxylation sites is 1. The number of nitrogens with zero attached hydrogens (tertiary/aromatic N) is 5. The van der Waals surface area contributed by atoms with E-state index in [1.807, 2.05) is 0 Å². The van der Waals surface area contributed by atoms with E-state index in [0.29, 0.717) is 19.7 Å². The van der Waals surface area contributed by atoms with E-state index in [1.165, 1.54) is 10.7 Å². The number of carbonyl (C=O) groups is 1. The van der Waals surface area contributed by atoms with Gasteiger partial charge in [-0.2, -0.15) is 0 Å². The molecule has 1 aliphatic rings. The van der Waals surface area contributed by atoms with E-state index in [9.17, 15) is 9.18 Å². The Morgan fingerprint density at radius 3 is 3.00 bits per heavy atom. The second kappa shape index (κ2) is 7.24. The van der Waals surface area contributed by atoms with Crippen molar-refractivity contribution in [3.05, 3.63) is 30.1 Å². The zero-order valence-electron chi connectivity index (χ0n) is 13.1. The summed E-state index contributed by atoms with van der Waals surface area (Å²) in [5.41, 5.74) is 5.57. The Morgan fingerprint density at radius 2 is 2.25 bits per heavy atom. The number of hydrogen-bond acceptors (Lipinski definition) is 6. The van der Waals surface area contributed by atoms with E-state index in [2.05, 4.69) is 15.5 Å². The van der Waals surface area contributed by atoms with Gasteiger partial charge in [0.15, 0.2) is 11.6 Å². The Morgan fingerprint density at radius 1 is 1.42 bits per heavy atom. The van der Waals surface area contributed by atoms with Gasteiger partial charge in [-0.3, -0.25) is 4.79 Å². The average Bonchev–Trinajstić information content (AvgIpc) is 2.99. The summed E-state index contributed by atoms with van der Waals surface area (Å²) in [7, 11) is 0. The monoisotopic (exact) mass is 334 g/mol. The van der Waals surface area contributed by atoms with Crippen LogP contribution >= 0.6 is 0 Å². The minimum atomic E-state index is -0.379. The van der Waals surface area contributed by atoms with E-state index in [0.717, 1.165) is 12.8 Å². The predicted molar refractivity (Wildman–Crippen MR) is 83.4 cm³/mol. The maximum Gasteiger partial charge on any atom is 0.244 e. The Hall–Kier alpha value is -2.71. The molecule has 1 aliphatic heterocycles. The highest BCUT2D eigenvalue weighted by Gasteiger charge is 2.25. The van der Waals surface area contributed by atoms with Gasteiger partial charge in [0.05, 0.1) is 6.61 Å². The summed E-state index contributed by atoms with van der Waals surface area (Å²) in [6.45, 7) is 1.63. The summed E-state index contributed by atoms with van der Waals surface area (Å²) in [6, 6.07) is 6.31. The second-order valence-corrected chi connectivity index (χ2v) is 5.78. The van der Waals surface area contributed by atoms with Crippen molar-refractivity contribution in [3.63, 3.8) is 0 Å². The second-order valence-electron chi connectivity index (χ2n) is 5.78. The van der Waals surface area contributed by atoms with Crippen molar-refractivity contribution >= 4 is 11.9 Å². The fourth-order valence-corrected chi connectivity index (χ4v) is 2.75. The zero-order chi connectivity index (χ0) is 16.9. The van der Waals surface area contributed by atoms with E-state index in [4.69, 9.17) is 10.5 Å². The number of ether oxygens (including phenoxy) is 1. The fraction of sp³-hybridized carbons (Fsp3) is 0.467. The van der Waals surface area contributed by atoms with Crippen molar-refractivity contribution in [1.29, 1.82) is 0 Å². The summed E-state index contributed by atoms with van der Waals surface area (Å²) in [5.74, 6) is 0.0377. The topological polar surface area (TPSA) is 99.2 Å². The van der Waals surface area contributed by atoms with Crippen LogP contribution in [-0.2, 0) is 11.3 Å². The summed E-state index contributed by atoms with van der Waals surface area (Å²) in [5, 5.41) is 10.6. The normalized spacial score (nSPS) is 17.7. The number of aromatic nitrogens is 4. The molecule has 8 nitrogen and oxygen atoms in total. The third-order valence-electron chi connectivity index (χ3n) is 4.03. The number of halogens is 1. The van der Waals surface area contributed by atoms with Gasteiger partial charge in [-0.25, -0.2) is 9.07 Å². The van der Waals surface area contributed by atoms with Crippen LogP contribution in [0.1, 0.15) is 12.8 Å². The Balaban J connectivity index is 1.53. The lowest BCUT2D eigenvalue weighted by molar-refractivity contribution is -0.134. The summed E-state index contributed by atoms with van der Waals surface area (Å²) in [6.07, 6.45) is 1.81. The molecule has 0 radical (unpaired) electrons. The molecule has 0 spiro atoms. The van der Waals surface area contributed by atoms with E-state index in [1.54, 1.807) is 23.1 Å². The summed E-state index contributed by atoms with van der Waals surface area (Å²) in [4.78, 5) is 14.1. The lowest BCUT2D eigenvalue weighted by atomic mass is 9.99. The van der Waals surface area contributed by atoms with Crippen LogP contribution < -0.4 is 10.5 Å². The molecule has 1 unspecified atom stereocenters. The average molecular weight is 334 g/mol. The zero-order valence-corrected chi connectivity index (χ0v) is 13.1. The molecule has 2 N–H and O–H groups in total. The Bertz CT molecular complexity index is 707. The number of piperidine rings is 1. The number of likely N-dealkylation sites (tertiary alicyclic amines) is 1. The third kappa shape index (κ3) is 3.79. The lowest BCUT2D eigenvalue weighted by Crippen LogP contribution is -2.43. The molecule has 3 rings (SSSR count). The molecule has 0 aliphatic carbocycles. The minimum absolute atomic E-state index is 0.0136. The van der Waals surface area contributed by atoms with Gasteiger partial charge >= 0.3 is 0 Å². The van der Waals surface area contributed by atoms with E-state index >= 15 is 0 Å². The van der Waals surface area contributed by atoms with Crippen molar-refractivity contribution in [2.45, 2.75) is 19.4 Å². The minimum Gasteiger partial charge on any atom is -0.490 e. The number of tetrazole rings is 1. The highest BCUT2D eigenvalue weighted by molar-refractivity contribution is 5.76. The largest absolute Gasteiger partial charge is 0.490 e. The SMILES string of the molecule is Nc1nnnn1CC(=O)N1CCCC(COc2ccccc2F)C1. The molecular weight excluding hydrogens is 315 g/mol. The molecule has 1 saturated heterocycles. The first kappa shape index (κ1) is 16.2. The summed E-state index contributed by atoms with van der Waals surface area (Å²) >= 11 is 0. The molecule has 1 atom stereocenters. The van der Waals surface area contributed by atoms with Crippen LogP contribution in [0.3, 0.4) is 0 Å². The van der Waals surface area contributed by atoms with Crippen LogP contribution in [0.2, 0.25) is 0 Å². The van der Waals surface area contributed by atoms with Gasteiger partial charge in [-0.1, -0.05) is 17.2 Å². The number of rotatable bonds is 5. The van der Waals surface area contributed by atoms with E-state index < -0.39 is 0 Å². The van der Waals surface area contributed by atoms with Crippen LogP contribution in [0.15, 0.2) is 24.3 Å². The molecule has 2 heterocycles. The molecule has 2 aromatic rings. The van der Waals surface area contributed by atoms with Gasteiger partial charge in [0.25, 0.3) is 0 Å². The molecule has 1 aromatic heterocycles. The standard InChI is InChI=1S/C15H19FN6O2/c16-12-5-1-2-6-13(12)24-10-11-4-3-7-21(8-11)14(23)9-22-15(17)18-19-20-22/h1-2,5-6,11H,3-4,7-10H2,(H2,17,18,20). The predicted octanol–water partition coefficient (Wildman–Crippen LogP) is 0.712. The molecule has 0 bridgehead atoms. The molecule has 9 heteroatoms. The first-order chi connectivity index (χ1) is 11.6. The third-order valence-corrected chi connectivity index (χ3v) is 4.03. The van der Waals surface area contributed by atoms with Gasteiger partial charge in [-0.15, -0.1) is 0 Å². The molecule has 1 amide bonds. The molecule has 0 saturated carbocycles. The van der Waals surface area contributed by atoms with Crippen LogP contribution in [0.4, 0.5) is 10.3 Å². The summed E-state index contributed by atoms with van der Waals surface area (Å²) < 4.78 is 20.4. The van der Waals surface area contributed by atoms with Gasteiger partial charge < -0.3 is 15.4 Å². The molecule has 1 fully saturated rings. The van der Waals surface area contributed by atoms with Crippen LogP contribution in [-0.4, -0.2) is 50.7 Å². The highest BCUT2D eigenvalue weighted by Crippen LogP contribution is 2.21. The first-order valence-corrected chi connectivity index (χ1v) is 7.80. The Kier molecular flexibility index (Phi) is 4.88. The van der Waals surface area contributed by atoms with Gasteiger partial charge in [0.2, 0.25) is 11.9 Å². The molecule has 128 valence electrons.